The van der Waals surface area contributed by atoms with E-state index in [1.165, 1.54) is 29.8 Å². The van der Waals surface area contributed by atoms with Gasteiger partial charge in [0.1, 0.15) is 30.0 Å². The van der Waals surface area contributed by atoms with E-state index in [1.54, 1.807) is 30.3 Å². The number of benzene rings is 2. The average Bonchev–Trinajstić information content (AvgIpc) is 3.40. The van der Waals surface area contributed by atoms with Crippen LogP contribution in [0.1, 0.15) is 32.1 Å². The van der Waals surface area contributed by atoms with Crippen molar-refractivity contribution >= 4 is 13.7 Å². The van der Waals surface area contributed by atoms with Gasteiger partial charge in [0, 0.05) is 11.8 Å². The predicted molar refractivity (Wildman–Crippen MR) is 145 cm³/mol. The van der Waals surface area contributed by atoms with Gasteiger partial charge in [0.2, 0.25) is 0 Å². The number of aromatic amines is 1. The summed E-state index contributed by atoms with van der Waals surface area (Å²) in [5, 5.41) is 2.67. The van der Waals surface area contributed by atoms with Gasteiger partial charge in [0.05, 0.1) is 6.61 Å². The number of aryl methyl sites for hydroxylation is 1. The van der Waals surface area contributed by atoms with E-state index < -0.39 is 55.9 Å². The molecule has 3 aromatic rings. The van der Waals surface area contributed by atoms with Crippen molar-refractivity contribution in [2.45, 2.75) is 45.8 Å². The quantitative estimate of drug-likeness (QED) is 0.182. The molecule has 1 fully saturated rings. The average molecular weight is 592 g/mol. The fourth-order valence-corrected chi connectivity index (χ4v) is 5.39. The van der Waals surface area contributed by atoms with Crippen LogP contribution in [0.25, 0.3) is 0 Å². The smallest absolute Gasteiger partial charge is 0.425 e. The predicted octanol–water partition coefficient (Wildman–Crippen LogP) is 3.67. The molecule has 4 rings (SSSR count). The molecule has 2 N–H and O–H groups in total. The van der Waals surface area contributed by atoms with E-state index in [1.807, 2.05) is 13.8 Å². The zero-order valence-corrected chi connectivity index (χ0v) is 23.5. The fourth-order valence-electron chi connectivity index (χ4n) is 3.90. The Morgan fingerprint density at radius 2 is 1.85 bits per heavy atom. The third kappa shape index (κ3) is 8.44. The van der Waals surface area contributed by atoms with E-state index in [0.717, 1.165) is 12.1 Å². The molecule has 12 nitrogen and oxygen atoms in total. The monoisotopic (exact) mass is 591 g/mol. The number of carbonyl (C=O) groups excluding carboxylic acids is 1. The Kier molecular flexibility index (Phi) is 9.90. The maximum atomic E-state index is 14.0. The van der Waals surface area contributed by atoms with Crippen molar-refractivity contribution in [3.05, 3.63) is 93.0 Å². The molecule has 4 atom stereocenters. The Bertz CT molecular complexity index is 1490. The summed E-state index contributed by atoms with van der Waals surface area (Å²) in [5.74, 6) is -0.941. The zero-order chi connectivity index (χ0) is 29.6. The first kappa shape index (κ1) is 30.4. The van der Waals surface area contributed by atoms with E-state index in [4.69, 9.17) is 23.3 Å². The lowest BCUT2D eigenvalue weighted by molar-refractivity contribution is -0.136. The van der Waals surface area contributed by atoms with E-state index >= 15 is 0 Å². The first-order valence-electron chi connectivity index (χ1n) is 12.8. The van der Waals surface area contributed by atoms with Crippen molar-refractivity contribution in [3.8, 4) is 11.5 Å². The Balaban J connectivity index is 1.51. The number of aromatic nitrogens is 2. The number of hydrogen-bond acceptors (Lipinski definition) is 9. The molecule has 0 saturated carbocycles. The van der Waals surface area contributed by atoms with Crippen molar-refractivity contribution in [2.24, 2.45) is 5.92 Å². The van der Waals surface area contributed by atoms with Gasteiger partial charge in [-0.3, -0.25) is 18.9 Å². The summed E-state index contributed by atoms with van der Waals surface area (Å²) in [6.45, 7) is 4.79. The van der Waals surface area contributed by atoms with Gasteiger partial charge in [-0.1, -0.05) is 32.0 Å². The summed E-state index contributed by atoms with van der Waals surface area (Å²) in [4.78, 5) is 39.2. The molecule has 2 aromatic carbocycles. The summed E-state index contributed by atoms with van der Waals surface area (Å²) < 4.78 is 56.7. The van der Waals surface area contributed by atoms with Gasteiger partial charge in [-0.15, -0.1) is 0 Å². The van der Waals surface area contributed by atoms with Gasteiger partial charge in [0.25, 0.3) is 5.56 Å². The van der Waals surface area contributed by atoms with Crippen molar-refractivity contribution < 1.29 is 37.0 Å². The highest BCUT2D eigenvalue weighted by molar-refractivity contribution is 7.52. The summed E-state index contributed by atoms with van der Waals surface area (Å²) in [7, 11) is -4.34. The number of halogens is 1. The maximum absolute atomic E-state index is 14.0. The van der Waals surface area contributed by atoms with Crippen LogP contribution in [-0.2, 0) is 23.4 Å². The van der Waals surface area contributed by atoms with Gasteiger partial charge in [-0.2, -0.15) is 5.09 Å². The van der Waals surface area contributed by atoms with Crippen LogP contribution in [0.3, 0.4) is 0 Å². The number of nitrogens with zero attached hydrogens (tertiary/aromatic N) is 1. The maximum Gasteiger partial charge on any atom is 0.459 e. The molecule has 1 aliphatic heterocycles. The minimum absolute atomic E-state index is 0.0170. The van der Waals surface area contributed by atoms with Crippen LogP contribution in [0.5, 0.6) is 11.5 Å². The lowest BCUT2D eigenvalue weighted by Gasteiger charge is -2.26. The first-order valence-corrected chi connectivity index (χ1v) is 14.4. The lowest BCUT2D eigenvalue weighted by Crippen LogP contribution is -2.40. The number of carbonyl (C=O) groups is 1. The number of para-hydroxylation sites is 1. The Hall–Kier alpha value is -3.61. The second-order valence-corrected chi connectivity index (χ2v) is 11.4. The third-order valence-corrected chi connectivity index (χ3v) is 7.44. The largest absolute Gasteiger partial charge is 0.459 e. The van der Waals surface area contributed by atoms with E-state index in [-0.39, 0.29) is 24.7 Å². The third-order valence-electron chi connectivity index (χ3n) is 5.88. The number of ether oxygens (including phenoxy) is 3. The van der Waals surface area contributed by atoms with E-state index in [0.29, 0.717) is 11.3 Å². The van der Waals surface area contributed by atoms with Crippen LogP contribution in [0.2, 0.25) is 0 Å². The Morgan fingerprint density at radius 1 is 1.15 bits per heavy atom. The van der Waals surface area contributed by atoms with Gasteiger partial charge >= 0.3 is 19.4 Å². The highest BCUT2D eigenvalue weighted by Crippen LogP contribution is 2.46. The van der Waals surface area contributed by atoms with Crippen LogP contribution in [0.15, 0.2) is 70.4 Å². The molecule has 41 heavy (non-hydrogen) atoms. The van der Waals surface area contributed by atoms with Crippen LogP contribution < -0.4 is 25.6 Å². The molecule has 1 aromatic heterocycles. The molecule has 1 aliphatic rings. The number of hydrogen-bond donors (Lipinski definition) is 2. The van der Waals surface area contributed by atoms with Gasteiger partial charge < -0.3 is 18.7 Å². The Labute approximate surface area is 234 Å². The molecule has 0 bridgehead atoms. The standard InChI is InChI=1S/C27H31FN3O9P/c1-17(2)13-22(26(33)38-20-7-5-4-6-8-20)30-41(35,40-21-11-9-19(28)10-12-21)37-16-24-36-15-23(39-24)31-14-18(3)25(32)29-27(31)34/h4-12,14,17,22-24H,13,15-16H2,1-3H3,(H,30,35)(H,29,32,34)/t22-,23+,24+,41?/m0/s1. The molecular weight excluding hydrogens is 560 g/mol. The molecule has 1 unspecified atom stereocenters. The fraction of sp³-hybridized carbons (Fsp3) is 0.370. The second-order valence-electron chi connectivity index (χ2n) is 9.72. The molecule has 0 radical (unpaired) electrons. The first-order chi connectivity index (χ1) is 19.5. The van der Waals surface area contributed by atoms with Crippen molar-refractivity contribution in [2.75, 3.05) is 13.2 Å². The van der Waals surface area contributed by atoms with Crippen molar-refractivity contribution in [1.29, 1.82) is 0 Å². The molecule has 2 heterocycles. The minimum Gasteiger partial charge on any atom is -0.425 e. The van der Waals surface area contributed by atoms with Crippen LogP contribution >= 0.6 is 7.75 Å². The highest BCUT2D eigenvalue weighted by atomic mass is 31.2. The van der Waals surface area contributed by atoms with Gasteiger partial charge in [-0.05, 0) is 55.7 Å². The van der Waals surface area contributed by atoms with Gasteiger partial charge in [-0.25, -0.2) is 18.5 Å². The second kappa shape index (κ2) is 13.4. The van der Waals surface area contributed by atoms with Crippen molar-refractivity contribution in [1.82, 2.24) is 14.6 Å². The summed E-state index contributed by atoms with van der Waals surface area (Å²) >= 11 is 0. The van der Waals surface area contributed by atoms with Crippen LogP contribution in [0, 0.1) is 18.7 Å². The van der Waals surface area contributed by atoms with E-state index in [9.17, 15) is 23.3 Å². The number of nitrogens with one attached hydrogen (secondary N) is 2. The van der Waals surface area contributed by atoms with Crippen LogP contribution in [-0.4, -0.2) is 41.1 Å². The molecule has 1 saturated heterocycles. The molecule has 0 amide bonds. The zero-order valence-electron chi connectivity index (χ0n) is 22.7. The Morgan fingerprint density at radius 3 is 2.54 bits per heavy atom. The summed E-state index contributed by atoms with van der Waals surface area (Å²) in [6.07, 6.45) is -0.395. The molecular formula is C27H31FN3O9P. The summed E-state index contributed by atoms with van der Waals surface area (Å²) in [6, 6.07) is 12.0. The SMILES string of the molecule is Cc1cn([C@H]2CO[C@@H](COP(=O)(N[C@@H](CC(C)C)C(=O)Oc3ccccc3)Oc3ccc(F)cc3)O2)c(=O)[nH]c1=O. The number of esters is 1. The van der Waals surface area contributed by atoms with Crippen LogP contribution in [0.4, 0.5) is 4.39 Å². The van der Waals surface area contributed by atoms with Crippen molar-refractivity contribution in [3.63, 3.8) is 0 Å². The topological polar surface area (TPSA) is 147 Å². The lowest BCUT2D eigenvalue weighted by atomic mass is 10.1. The number of rotatable bonds is 12. The molecule has 220 valence electrons. The van der Waals surface area contributed by atoms with E-state index in [2.05, 4.69) is 10.1 Å². The number of H-pyrrole nitrogens is 1. The minimum atomic E-state index is -4.34. The molecule has 0 aliphatic carbocycles. The molecule has 14 heteroatoms. The summed E-state index contributed by atoms with van der Waals surface area (Å²) in [5.41, 5.74) is -0.902. The van der Waals surface area contributed by atoms with Gasteiger partial charge in [0.15, 0.2) is 12.5 Å². The normalized spacial score (nSPS) is 19.0. The highest BCUT2D eigenvalue weighted by Gasteiger charge is 2.38. The molecule has 0 spiro atoms.